The monoisotopic (exact) mass is 560 g/mol. The average Bonchev–Trinajstić information content (AvgIpc) is 3.04. The van der Waals surface area contributed by atoms with Gasteiger partial charge in [0.1, 0.15) is 13.2 Å². The Morgan fingerprint density at radius 2 is 0.767 bits per heavy atom. The molecule has 0 heterocycles. The van der Waals surface area contributed by atoms with Crippen molar-refractivity contribution < 1.29 is 19.1 Å². The predicted octanol–water partition coefficient (Wildman–Crippen LogP) is 9.44. The van der Waals surface area contributed by atoms with Crippen molar-refractivity contribution in [3.8, 4) is 0 Å². The molecule has 43 heavy (non-hydrogen) atoms. The summed E-state index contributed by atoms with van der Waals surface area (Å²) in [5, 5.41) is 14.3. The predicted molar refractivity (Wildman–Crippen MR) is 174 cm³/mol. The molecule has 0 bridgehead atoms. The Kier molecular flexibility index (Phi) is 6.07. The maximum absolute atomic E-state index is 12.6. The molecular formula is C39H28O4. The molecule has 4 nitrogen and oxygen atoms in total. The van der Waals surface area contributed by atoms with Gasteiger partial charge in [-0.3, -0.25) is 9.59 Å². The second kappa shape index (κ2) is 10.2. The lowest BCUT2D eigenvalue weighted by Gasteiger charge is -2.14. The third kappa shape index (κ3) is 4.38. The molecule has 0 fully saturated rings. The minimum Gasteiger partial charge on any atom is -0.461 e. The first-order chi connectivity index (χ1) is 21.1. The summed E-state index contributed by atoms with van der Waals surface area (Å²) in [6, 6.07) is 38.0. The summed E-state index contributed by atoms with van der Waals surface area (Å²) in [6.45, 7) is 0.401. The molecule has 0 saturated heterocycles. The summed E-state index contributed by atoms with van der Waals surface area (Å²) in [5.74, 6) is -0.629. The number of carbonyl (C=O) groups excluding carboxylic acids is 2. The van der Waals surface area contributed by atoms with Crippen molar-refractivity contribution in [2.45, 2.75) is 32.5 Å². The van der Waals surface area contributed by atoms with Crippen LogP contribution in [0.2, 0.25) is 0 Å². The molecule has 208 valence electrons. The van der Waals surface area contributed by atoms with Crippen LogP contribution in [0.5, 0.6) is 0 Å². The zero-order chi connectivity index (χ0) is 28.9. The molecule has 0 unspecified atom stereocenters. The average molecular weight is 561 g/mol. The highest BCUT2D eigenvalue weighted by atomic mass is 16.5. The highest BCUT2D eigenvalue weighted by Crippen LogP contribution is 2.37. The highest BCUT2D eigenvalue weighted by molar-refractivity contribution is 6.24. The first-order valence-electron chi connectivity index (χ1n) is 14.8. The lowest BCUT2D eigenvalue weighted by Crippen LogP contribution is -2.08. The number of hydrogen-bond acceptors (Lipinski definition) is 4. The van der Waals surface area contributed by atoms with E-state index in [1.54, 1.807) is 0 Å². The number of hydrogen-bond donors (Lipinski definition) is 0. The number of carbonyl (C=O) groups is 2. The van der Waals surface area contributed by atoms with Gasteiger partial charge in [0.2, 0.25) is 0 Å². The van der Waals surface area contributed by atoms with E-state index in [2.05, 4.69) is 97.1 Å². The van der Waals surface area contributed by atoms with E-state index in [-0.39, 0.29) is 38.0 Å². The molecule has 8 aromatic carbocycles. The van der Waals surface area contributed by atoms with E-state index < -0.39 is 0 Å². The molecule has 0 atom stereocenters. The topological polar surface area (TPSA) is 52.6 Å². The summed E-state index contributed by atoms with van der Waals surface area (Å²) in [6.07, 6.45) is 0.716. The van der Waals surface area contributed by atoms with Gasteiger partial charge < -0.3 is 9.47 Å². The van der Waals surface area contributed by atoms with Gasteiger partial charge in [0.25, 0.3) is 0 Å². The number of esters is 2. The smallest absolute Gasteiger partial charge is 0.306 e. The minimum absolute atomic E-state index is 0.166. The third-order valence-electron chi connectivity index (χ3n) is 8.78. The molecular weight excluding hydrogens is 532 g/mol. The standard InChI is InChI=1S/C39H28O4/c40-34(42-22-30-16-14-28-12-10-24-4-1-6-26-18-20-32(30)38(28)36(24)26)8-3-9-35(41)43-23-31-17-15-29-13-11-25-5-2-7-27-19-21-33(31)39(29)37(25)27/h1-2,4-7,10-21H,3,8-9,22-23H2. The molecule has 0 N–H and O–H groups in total. The van der Waals surface area contributed by atoms with Gasteiger partial charge in [-0.15, -0.1) is 0 Å². The molecule has 0 saturated carbocycles. The SMILES string of the molecule is O=C(CCCC(=O)OCc1ccc2ccc3cccc4ccc1c2c34)OCc1ccc2ccc3cccc4ccc1c2c34. The zero-order valence-electron chi connectivity index (χ0n) is 23.6. The molecule has 0 spiro atoms. The van der Waals surface area contributed by atoms with Crippen LogP contribution >= 0.6 is 0 Å². The van der Waals surface area contributed by atoms with Gasteiger partial charge in [0, 0.05) is 12.8 Å². The van der Waals surface area contributed by atoms with Crippen LogP contribution in [0.1, 0.15) is 30.4 Å². The van der Waals surface area contributed by atoms with E-state index in [1.165, 1.54) is 53.9 Å². The van der Waals surface area contributed by atoms with E-state index in [0.717, 1.165) is 21.9 Å². The Morgan fingerprint density at radius 3 is 1.19 bits per heavy atom. The Labute approximate surface area is 248 Å². The minimum atomic E-state index is -0.315. The van der Waals surface area contributed by atoms with Gasteiger partial charge in [-0.2, -0.15) is 0 Å². The summed E-state index contributed by atoms with van der Waals surface area (Å²) in [5.41, 5.74) is 1.96. The van der Waals surface area contributed by atoms with Crippen LogP contribution in [0, 0.1) is 0 Å². The van der Waals surface area contributed by atoms with Crippen molar-refractivity contribution in [1.29, 1.82) is 0 Å². The van der Waals surface area contributed by atoms with Gasteiger partial charge in [0.15, 0.2) is 0 Å². The van der Waals surface area contributed by atoms with E-state index in [1.807, 2.05) is 12.1 Å². The lowest BCUT2D eigenvalue weighted by atomic mass is 9.92. The largest absolute Gasteiger partial charge is 0.461 e. The van der Waals surface area contributed by atoms with Crippen LogP contribution in [0.25, 0.3) is 64.6 Å². The first-order valence-corrected chi connectivity index (χ1v) is 14.8. The van der Waals surface area contributed by atoms with Crippen molar-refractivity contribution in [1.82, 2.24) is 0 Å². The van der Waals surface area contributed by atoms with E-state index in [4.69, 9.17) is 9.47 Å². The molecule has 0 aromatic heterocycles. The normalized spacial score (nSPS) is 11.9. The van der Waals surface area contributed by atoms with E-state index >= 15 is 0 Å². The molecule has 0 radical (unpaired) electrons. The molecule has 8 aromatic rings. The highest BCUT2D eigenvalue weighted by Gasteiger charge is 2.14. The maximum Gasteiger partial charge on any atom is 0.306 e. The number of rotatable bonds is 8. The van der Waals surface area contributed by atoms with Crippen molar-refractivity contribution in [3.63, 3.8) is 0 Å². The Hall–Kier alpha value is -5.22. The number of benzene rings is 8. The van der Waals surface area contributed by atoms with Crippen LogP contribution in [0.3, 0.4) is 0 Å². The summed E-state index contributed by atoms with van der Waals surface area (Å²) < 4.78 is 11.3. The molecule has 0 aliphatic carbocycles. The second-order valence-corrected chi connectivity index (χ2v) is 11.3. The van der Waals surface area contributed by atoms with E-state index in [0.29, 0.717) is 6.42 Å². The van der Waals surface area contributed by atoms with Gasteiger partial charge in [-0.05, 0) is 82.2 Å². The Bertz CT molecular complexity index is 2120. The van der Waals surface area contributed by atoms with Crippen molar-refractivity contribution in [2.24, 2.45) is 0 Å². The van der Waals surface area contributed by atoms with E-state index in [9.17, 15) is 9.59 Å². The fourth-order valence-electron chi connectivity index (χ4n) is 6.68. The lowest BCUT2D eigenvalue weighted by molar-refractivity contribution is -0.146. The quantitative estimate of drug-likeness (QED) is 0.137. The van der Waals surface area contributed by atoms with Gasteiger partial charge >= 0.3 is 11.9 Å². The summed E-state index contributed by atoms with van der Waals surface area (Å²) in [7, 11) is 0. The third-order valence-corrected chi connectivity index (χ3v) is 8.78. The van der Waals surface area contributed by atoms with Crippen molar-refractivity contribution >= 4 is 76.6 Å². The summed E-state index contributed by atoms with van der Waals surface area (Å²) in [4.78, 5) is 25.2. The molecule has 8 rings (SSSR count). The molecule has 4 heteroatoms. The fraction of sp³-hybridized carbons (Fsp3) is 0.128. The molecule has 0 aliphatic heterocycles. The molecule has 0 amide bonds. The number of ether oxygens (including phenoxy) is 2. The van der Waals surface area contributed by atoms with Gasteiger partial charge in [-0.1, -0.05) is 109 Å². The molecule has 0 aliphatic rings. The van der Waals surface area contributed by atoms with Crippen LogP contribution in [0.4, 0.5) is 0 Å². The Balaban J connectivity index is 0.891. The summed E-state index contributed by atoms with van der Waals surface area (Å²) >= 11 is 0. The van der Waals surface area contributed by atoms with Crippen LogP contribution in [0.15, 0.2) is 109 Å². The van der Waals surface area contributed by atoms with Crippen molar-refractivity contribution in [3.05, 3.63) is 120 Å². The second-order valence-electron chi connectivity index (χ2n) is 11.3. The van der Waals surface area contributed by atoms with Crippen molar-refractivity contribution in [2.75, 3.05) is 0 Å². The van der Waals surface area contributed by atoms with Crippen LogP contribution in [-0.2, 0) is 32.3 Å². The maximum atomic E-state index is 12.6. The fourth-order valence-corrected chi connectivity index (χ4v) is 6.68. The zero-order valence-corrected chi connectivity index (χ0v) is 23.6. The van der Waals surface area contributed by atoms with Gasteiger partial charge in [-0.25, -0.2) is 0 Å². The Morgan fingerprint density at radius 1 is 0.419 bits per heavy atom. The van der Waals surface area contributed by atoms with Crippen LogP contribution < -0.4 is 0 Å². The van der Waals surface area contributed by atoms with Crippen LogP contribution in [-0.4, -0.2) is 11.9 Å². The van der Waals surface area contributed by atoms with Gasteiger partial charge in [0.05, 0.1) is 0 Å². The first kappa shape index (κ1) is 25.5.